The fraction of sp³-hybridized carbons (Fsp3) is 0.500. The van der Waals surface area contributed by atoms with Crippen LogP contribution < -0.4 is 5.32 Å². The Bertz CT molecular complexity index is 294. The first kappa shape index (κ1) is 11.2. The molecule has 1 rings (SSSR count). The first-order valence-electron chi connectivity index (χ1n) is 5.08. The van der Waals surface area contributed by atoms with Crippen molar-refractivity contribution in [3.63, 3.8) is 0 Å². The Morgan fingerprint density at radius 1 is 1.36 bits per heavy atom. The van der Waals surface area contributed by atoms with Crippen LogP contribution in [0.1, 0.15) is 30.9 Å². The van der Waals surface area contributed by atoms with E-state index in [0.29, 0.717) is 5.92 Å². The quantitative estimate of drug-likeness (QED) is 0.779. The van der Waals surface area contributed by atoms with Crippen molar-refractivity contribution in [3.8, 4) is 0 Å². The molecule has 0 saturated heterocycles. The number of benzene rings is 1. The number of halogens is 1. The highest BCUT2D eigenvalue weighted by molar-refractivity contribution is 5.30. The maximum Gasteiger partial charge on any atom is 0.123 e. The summed E-state index contributed by atoms with van der Waals surface area (Å²) in [7, 11) is 1.91. The van der Waals surface area contributed by atoms with Gasteiger partial charge in [0.25, 0.3) is 0 Å². The van der Waals surface area contributed by atoms with Crippen LogP contribution in [0.3, 0.4) is 0 Å². The third-order valence-electron chi connectivity index (χ3n) is 2.37. The highest BCUT2D eigenvalue weighted by Gasteiger charge is 2.06. The van der Waals surface area contributed by atoms with E-state index in [1.807, 2.05) is 13.1 Å². The van der Waals surface area contributed by atoms with Gasteiger partial charge in [0.1, 0.15) is 5.82 Å². The summed E-state index contributed by atoms with van der Waals surface area (Å²) >= 11 is 0. The van der Waals surface area contributed by atoms with Crippen LogP contribution >= 0.6 is 0 Å². The Kier molecular flexibility index (Phi) is 4.08. The monoisotopic (exact) mass is 195 g/mol. The molecule has 1 nitrogen and oxygen atoms in total. The second-order valence-electron chi connectivity index (χ2n) is 3.85. The average Bonchev–Trinajstić information content (AvgIpc) is 2.14. The first-order chi connectivity index (χ1) is 6.65. The Hall–Kier alpha value is -0.890. The summed E-state index contributed by atoms with van der Waals surface area (Å²) in [4.78, 5) is 0. The van der Waals surface area contributed by atoms with Crippen molar-refractivity contribution < 1.29 is 4.39 Å². The zero-order valence-corrected chi connectivity index (χ0v) is 9.10. The van der Waals surface area contributed by atoms with E-state index in [-0.39, 0.29) is 5.82 Å². The molecule has 0 saturated carbocycles. The van der Waals surface area contributed by atoms with Gasteiger partial charge >= 0.3 is 0 Å². The van der Waals surface area contributed by atoms with E-state index in [1.54, 1.807) is 6.07 Å². The first-order valence-corrected chi connectivity index (χ1v) is 5.08. The van der Waals surface area contributed by atoms with Gasteiger partial charge in [-0.2, -0.15) is 0 Å². The molecule has 0 heterocycles. The van der Waals surface area contributed by atoms with Gasteiger partial charge in [0.05, 0.1) is 0 Å². The lowest BCUT2D eigenvalue weighted by Gasteiger charge is -2.12. The fourth-order valence-corrected chi connectivity index (χ4v) is 1.61. The lowest BCUT2D eigenvalue weighted by molar-refractivity contribution is 0.621. The standard InChI is InChI=1S/C12H18FN/c1-9(2)12-5-4-11(13)8-10(12)6-7-14-3/h4-5,8-9,14H,6-7H2,1-3H3. The van der Waals surface area contributed by atoms with Crippen molar-refractivity contribution in [3.05, 3.63) is 35.1 Å². The van der Waals surface area contributed by atoms with Crippen LogP contribution in [0, 0.1) is 5.82 Å². The number of rotatable bonds is 4. The second-order valence-corrected chi connectivity index (χ2v) is 3.85. The van der Waals surface area contributed by atoms with Gasteiger partial charge in [-0.25, -0.2) is 4.39 Å². The lowest BCUT2D eigenvalue weighted by atomic mass is 9.95. The Morgan fingerprint density at radius 2 is 2.07 bits per heavy atom. The number of hydrogen-bond acceptors (Lipinski definition) is 1. The Morgan fingerprint density at radius 3 is 2.64 bits per heavy atom. The molecule has 1 aromatic carbocycles. The topological polar surface area (TPSA) is 12.0 Å². The molecule has 0 unspecified atom stereocenters. The molecule has 0 spiro atoms. The second kappa shape index (κ2) is 5.11. The molecule has 0 aliphatic carbocycles. The highest BCUT2D eigenvalue weighted by Crippen LogP contribution is 2.20. The summed E-state index contributed by atoms with van der Waals surface area (Å²) in [6.07, 6.45) is 0.891. The zero-order valence-electron chi connectivity index (χ0n) is 9.10. The van der Waals surface area contributed by atoms with Crippen LogP contribution in [-0.2, 0) is 6.42 Å². The van der Waals surface area contributed by atoms with Crippen molar-refractivity contribution in [2.45, 2.75) is 26.2 Å². The van der Waals surface area contributed by atoms with Gasteiger partial charge < -0.3 is 5.32 Å². The normalized spacial score (nSPS) is 10.9. The number of hydrogen-bond donors (Lipinski definition) is 1. The smallest absolute Gasteiger partial charge is 0.123 e. The van der Waals surface area contributed by atoms with Gasteiger partial charge in [-0.1, -0.05) is 19.9 Å². The molecule has 0 bridgehead atoms. The van der Waals surface area contributed by atoms with E-state index < -0.39 is 0 Å². The predicted octanol–water partition coefficient (Wildman–Crippen LogP) is 2.71. The summed E-state index contributed by atoms with van der Waals surface area (Å²) in [6, 6.07) is 5.08. The molecule has 0 aromatic heterocycles. The highest BCUT2D eigenvalue weighted by atomic mass is 19.1. The van der Waals surface area contributed by atoms with E-state index in [2.05, 4.69) is 19.2 Å². The van der Waals surface area contributed by atoms with E-state index >= 15 is 0 Å². The molecule has 0 radical (unpaired) electrons. The van der Waals surface area contributed by atoms with Gasteiger partial charge in [-0.3, -0.25) is 0 Å². The summed E-state index contributed by atoms with van der Waals surface area (Å²) in [6.45, 7) is 5.16. The van der Waals surface area contributed by atoms with Crippen LogP contribution in [0.2, 0.25) is 0 Å². The fourth-order valence-electron chi connectivity index (χ4n) is 1.61. The molecule has 0 aliphatic heterocycles. The molecule has 14 heavy (non-hydrogen) atoms. The Balaban J connectivity index is 2.91. The number of nitrogens with one attached hydrogen (secondary N) is 1. The number of likely N-dealkylation sites (N-methyl/N-ethyl adjacent to an activating group) is 1. The van der Waals surface area contributed by atoms with Crippen LogP contribution in [0.5, 0.6) is 0 Å². The van der Waals surface area contributed by atoms with Crippen LogP contribution in [0.4, 0.5) is 4.39 Å². The van der Waals surface area contributed by atoms with Crippen molar-refractivity contribution >= 4 is 0 Å². The van der Waals surface area contributed by atoms with Gasteiger partial charge in [0.2, 0.25) is 0 Å². The Labute approximate surface area is 85.3 Å². The molecular weight excluding hydrogens is 177 g/mol. The third-order valence-corrected chi connectivity index (χ3v) is 2.37. The molecule has 0 aliphatic rings. The van der Waals surface area contributed by atoms with Crippen molar-refractivity contribution in [2.24, 2.45) is 0 Å². The molecule has 2 heteroatoms. The molecule has 1 N–H and O–H groups in total. The SMILES string of the molecule is CNCCc1cc(F)ccc1C(C)C. The largest absolute Gasteiger partial charge is 0.319 e. The van der Waals surface area contributed by atoms with Crippen LogP contribution in [0.15, 0.2) is 18.2 Å². The predicted molar refractivity (Wildman–Crippen MR) is 58.1 cm³/mol. The minimum absolute atomic E-state index is 0.138. The lowest BCUT2D eigenvalue weighted by Crippen LogP contribution is -2.12. The molecule has 1 aromatic rings. The van der Waals surface area contributed by atoms with Crippen LogP contribution in [-0.4, -0.2) is 13.6 Å². The zero-order chi connectivity index (χ0) is 10.6. The van der Waals surface area contributed by atoms with E-state index in [0.717, 1.165) is 18.5 Å². The summed E-state index contributed by atoms with van der Waals surface area (Å²) in [5, 5.41) is 3.08. The van der Waals surface area contributed by atoms with Crippen LogP contribution in [0.25, 0.3) is 0 Å². The van der Waals surface area contributed by atoms with E-state index in [4.69, 9.17) is 0 Å². The summed E-state index contributed by atoms with van der Waals surface area (Å²) < 4.78 is 13.0. The van der Waals surface area contributed by atoms with E-state index in [1.165, 1.54) is 11.6 Å². The van der Waals surface area contributed by atoms with Crippen molar-refractivity contribution in [1.29, 1.82) is 0 Å². The molecule has 0 atom stereocenters. The summed E-state index contributed by atoms with van der Waals surface area (Å²) in [5.41, 5.74) is 2.37. The molecule has 78 valence electrons. The minimum atomic E-state index is -0.138. The van der Waals surface area contributed by atoms with Gasteiger partial charge in [0.15, 0.2) is 0 Å². The molecule has 0 amide bonds. The molecular formula is C12H18FN. The van der Waals surface area contributed by atoms with Crippen molar-refractivity contribution in [2.75, 3.05) is 13.6 Å². The minimum Gasteiger partial charge on any atom is -0.319 e. The van der Waals surface area contributed by atoms with Crippen molar-refractivity contribution in [1.82, 2.24) is 5.32 Å². The maximum atomic E-state index is 13.0. The van der Waals surface area contributed by atoms with E-state index in [9.17, 15) is 4.39 Å². The average molecular weight is 195 g/mol. The van der Waals surface area contributed by atoms with Gasteiger partial charge in [-0.15, -0.1) is 0 Å². The molecule has 0 fully saturated rings. The van der Waals surface area contributed by atoms with Gasteiger partial charge in [0, 0.05) is 0 Å². The maximum absolute atomic E-state index is 13.0. The van der Waals surface area contributed by atoms with Gasteiger partial charge in [-0.05, 0) is 49.2 Å². The third kappa shape index (κ3) is 2.81. The summed E-state index contributed by atoms with van der Waals surface area (Å²) in [5.74, 6) is 0.322.